The van der Waals surface area contributed by atoms with Crippen molar-refractivity contribution in [3.8, 4) is 5.75 Å². The molecule has 1 aromatic carbocycles. The van der Waals surface area contributed by atoms with E-state index in [0.29, 0.717) is 5.92 Å². The molecule has 0 aliphatic carbocycles. The predicted molar refractivity (Wildman–Crippen MR) is 101 cm³/mol. The highest BCUT2D eigenvalue weighted by molar-refractivity contribution is 6.63. The Bertz CT molecular complexity index is 571. The molecule has 1 N–H and O–H groups in total. The zero-order valence-electron chi connectivity index (χ0n) is 16.6. The molecule has 1 atom stereocenters. The molecular weight excluding hydrogens is 299 g/mol. The molecule has 1 aromatic rings. The molecular formula is C20H33BO3. The van der Waals surface area contributed by atoms with Crippen LogP contribution in [0.4, 0.5) is 0 Å². The molecule has 2 rings (SSSR count). The molecule has 1 aliphatic heterocycles. The monoisotopic (exact) mass is 332 g/mol. The Morgan fingerprint density at radius 1 is 1.08 bits per heavy atom. The fraction of sp³-hybridized carbons (Fsp3) is 0.700. The number of benzene rings is 1. The number of rotatable bonds is 4. The van der Waals surface area contributed by atoms with E-state index >= 15 is 0 Å². The van der Waals surface area contributed by atoms with Crippen molar-refractivity contribution in [3.63, 3.8) is 0 Å². The molecule has 4 heteroatoms. The molecule has 0 saturated carbocycles. The number of phenolic OH excluding ortho intramolecular Hbond substituents is 1. The zero-order chi connectivity index (χ0) is 18.3. The van der Waals surface area contributed by atoms with Crippen molar-refractivity contribution >= 4 is 12.6 Å². The van der Waals surface area contributed by atoms with E-state index in [9.17, 15) is 5.11 Å². The van der Waals surface area contributed by atoms with Gasteiger partial charge in [-0.15, -0.1) is 0 Å². The van der Waals surface area contributed by atoms with Gasteiger partial charge in [0.2, 0.25) is 0 Å². The summed E-state index contributed by atoms with van der Waals surface area (Å²) in [6, 6.07) is 5.89. The fourth-order valence-electron chi connectivity index (χ4n) is 3.34. The van der Waals surface area contributed by atoms with Gasteiger partial charge in [0.05, 0.1) is 11.2 Å². The highest BCUT2D eigenvalue weighted by atomic mass is 16.7. The Morgan fingerprint density at radius 2 is 1.62 bits per heavy atom. The Morgan fingerprint density at radius 3 is 2.08 bits per heavy atom. The van der Waals surface area contributed by atoms with Crippen LogP contribution < -0.4 is 5.46 Å². The SMILES string of the molecule is CCCC(c1ccc(O)c(B2OC(C)(C)C(C)(C)O2)c1)C(C)(C)C. The Labute approximate surface area is 147 Å². The van der Waals surface area contributed by atoms with E-state index in [1.54, 1.807) is 6.07 Å². The lowest BCUT2D eigenvalue weighted by Crippen LogP contribution is -2.41. The van der Waals surface area contributed by atoms with Crippen molar-refractivity contribution in [2.45, 2.75) is 85.4 Å². The van der Waals surface area contributed by atoms with Gasteiger partial charge in [-0.2, -0.15) is 0 Å². The molecule has 24 heavy (non-hydrogen) atoms. The molecule has 134 valence electrons. The minimum Gasteiger partial charge on any atom is -0.508 e. The fourth-order valence-corrected chi connectivity index (χ4v) is 3.34. The van der Waals surface area contributed by atoms with Crippen LogP contribution in [0.1, 0.15) is 79.7 Å². The maximum atomic E-state index is 10.4. The molecule has 0 spiro atoms. The van der Waals surface area contributed by atoms with E-state index in [4.69, 9.17) is 9.31 Å². The van der Waals surface area contributed by atoms with Gasteiger partial charge in [-0.3, -0.25) is 0 Å². The third-order valence-corrected chi connectivity index (χ3v) is 5.58. The van der Waals surface area contributed by atoms with Gasteiger partial charge in [0.25, 0.3) is 0 Å². The summed E-state index contributed by atoms with van der Waals surface area (Å²) in [6.07, 6.45) is 2.26. The van der Waals surface area contributed by atoms with Crippen LogP contribution in [-0.2, 0) is 9.31 Å². The van der Waals surface area contributed by atoms with Crippen molar-refractivity contribution in [1.82, 2.24) is 0 Å². The predicted octanol–water partition coefficient (Wildman–Crippen LogP) is 4.62. The molecule has 1 aliphatic rings. The highest BCUT2D eigenvalue weighted by Crippen LogP contribution is 2.40. The van der Waals surface area contributed by atoms with Crippen molar-refractivity contribution in [2.75, 3.05) is 0 Å². The first-order valence-electron chi connectivity index (χ1n) is 9.07. The third kappa shape index (κ3) is 3.65. The van der Waals surface area contributed by atoms with Crippen LogP contribution in [0.15, 0.2) is 18.2 Å². The second-order valence-corrected chi connectivity index (χ2v) is 9.11. The molecule has 0 bridgehead atoms. The van der Waals surface area contributed by atoms with Crippen LogP contribution in [0.3, 0.4) is 0 Å². The minimum atomic E-state index is -0.530. The first-order valence-corrected chi connectivity index (χ1v) is 9.07. The van der Waals surface area contributed by atoms with Crippen LogP contribution in [0, 0.1) is 5.41 Å². The molecule has 1 saturated heterocycles. The van der Waals surface area contributed by atoms with Gasteiger partial charge in [-0.05, 0) is 57.1 Å². The van der Waals surface area contributed by atoms with Gasteiger partial charge in [-0.1, -0.05) is 46.2 Å². The number of hydrogen-bond donors (Lipinski definition) is 1. The molecule has 1 unspecified atom stereocenters. The van der Waals surface area contributed by atoms with Crippen molar-refractivity contribution in [2.24, 2.45) is 5.41 Å². The topological polar surface area (TPSA) is 38.7 Å². The van der Waals surface area contributed by atoms with Crippen molar-refractivity contribution in [3.05, 3.63) is 23.8 Å². The third-order valence-electron chi connectivity index (χ3n) is 5.58. The van der Waals surface area contributed by atoms with Crippen molar-refractivity contribution < 1.29 is 14.4 Å². The van der Waals surface area contributed by atoms with Crippen LogP contribution in [0.5, 0.6) is 5.75 Å². The standard InChI is InChI=1S/C20H33BO3/c1-9-10-15(18(2,3)4)14-11-12-17(22)16(13-14)21-23-19(5,6)20(7,8)24-21/h11-13,15,22H,9-10H2,1-8H3. The second kappa shape index (κ2) is 6.38. The van der Waals surface area contributed by atoms with Gasteiger partial charge >= 0.3 is 7.12 Å². The summed E-state index contributed by atoms with van der Waals surface area (Å²) in [7, 11) is -0.530. The zero-order valence-corrected chi connectivity index (χ0v) is 16.6. The summed E-state index contributed by atoms with van der Waals surface area (Å²) in [5, 5.41) is 10.4. The van der Waals surface area contributed by atoms with Gasteiger partial charge < -0.3 is 14.4 Å². The lowest BCUT2D eigenvalue weighted by Gasteiger charge is -2.32. The van der Waals surface area contributed by atoms with E-state index in [1.807, 2.05) is 33.8 Å². The normalized spacial score (nSPS) is 21.1. The summed E-state index contributed by atoms with van der Waals surface area (Å²) in [5.74, 6) is 0.672. The van der Waals surface area contributed by atoms with E-state index in [1.165, 1.54) is 5.56 Å². The Balaban J connectivity index is 2.40. The summed E-state index contributed by atoms with van der Waals surface area (Å²) in [4.78, 5) is 0. The van der Waals surface area contributed by atoms with Gasteiger partial charge in [-0.25, -0.2) is 0 Å². The van der Waals surface area contributed by atoms with Gasteiger partial charge in [0, 0.05) is 5.46 Å². The first-order chi connectivity index (χ1) is 10.9. The van der Waals surface area contributed by atoms with E-state index in [0.717, 1.165) is 18.3 Å². The quantitative estimate of drug-likeness (QED) is 0.818. The summed E-state index contributed by atoms with van der Waals surface area (Å²) in [5.41, 5.74) is 1.32. The molecule has 0 amide bonds. The number of hydrogen-bond acceptors (Lipinski definition) is 3. The lowest BCUT2D eigenvalue weighted by molar-refractivity contribution is 0.00578. The number of aromatic hydroxyl groups is 1. The van der Waals surface area contributed by atoms with E-state index < -0.39 is 18.3 Å². The molecule has 0 radical (unpaired) electrons. The van der Waals surface area contributed by atoms with E-state index in [-0.39, 0.29) is 11.2 Å². The summed E-state index contributed by atoms with van der Waals surface area (Å²) in [6.45, 7) is 17.2. The van der Waals surface area contributed by atoms with Gasteiger partial charge in [0.1, 0.15) is 5.75 Å². The van der Waals surface area contributed by atoms with Gasteiger partial charge in [0.15, 0.2) is 0 Å². The highest BCUT2D eigenvalue weighted by Gasteiger charge is 2.52. The summed E-state index contributed by atoms with van der Waals surface area (Å²) < 4.78 is 12.3. The summed E-state index contributed by atoms with van der Waals surface area (Å²) >= 11 is 0. The first kappa shape index (κ1) is 19.3. The molecule has 0 aromatic heterocycles. The maximum Gasteiger partial charge on any atom is 0.498 e. The largest absolute Gasteiger partial charge is 0.508 e. The molecule has 1 fully saturated rings. The second-order valence-electron chi connectivity index (χ2n) is 9.11. The van der Waals surface area contributed by atoms with Crippen molar-refractivity contribution in [1.29, 1.82) is 0 Å². The van der Waals surface area contributed by atoms with Crippen LogP contribution in [-0.4, -0.2) is 23.4 Å². The van der Waals surface area contributed by atoms with E-state index in [2.05, 4.69) is 33.8 Å². The average molecular weight is 332 g/mol. The maximum absolute atomic E-state index is 10.4. The lowest BCUT2D eigenvalue weighted by atomic mass is 9.71. The Hall–Kier alpha value is -0.995. The molecule has 1 heterocycles. The van der Waals surface area contributed by atoms with Crippen LogP contribution >= 0.6 is 0 Å². The number of phenols is 1. The smallest absolute Gasteiger partial charge is 0.498 e. The molecule has 3 nitrogen and oxygen atoms in total. The average Bonchev–Trinajstić information content (AvgIpc) is 2.64. The Kier molecular flexibility index (Phi) is 5.14. The minimum absolute atomic E-state index is 0.167. The van der Waals surface area contributed by atoms with Crippen LogP contribution in [0.25, 0.3) is 0 Å². The van der Waals surface area contributed by atoms with Crippen LogP contribution in [0.2, 0.25) is 0 Å².